The van der Waals surface area contributed by atoms with Crippen LogP contribution in [-0.4, -0.2) is 24.2 Å². The molecule has 2 aromatic heterocycles. The van der Waals surface area contributed by atoms with Gasteiger partial charge in [0.2, 0.25) is 0 Å². The van der Waals surface area contributed by atoms with E-state index in [9.17, 15) is 9.90 Å². The molecule has 0 spiro atoms. The summed E-state index contributed by atoms with van der Waals surface area (Å²) < 4.78 is 10.1. The van der Waals surface area contributed by atoms with Crippen LogP contribution in [0.3, 0.4) is 0 Å². The van der Waals surface area contributed by atoms with E-state index in [0.29, 0.717) is 5.92 Å². The van der Waals surface area contributed by atoms with Crippen molar-refractivity contribution in [2.24, 2.45) is 17.8 Å². The molecule has 0 atom stereocenters. The van der Waals surface area contributed by atoms with E-state index in [0.717, 1.165) is 70.8 Å². The molecule has 0 fully saturated rings. The SMILES string of the molecule is CCC(CC)C(=O)/C=C(\O)C(CC)CC.[CH2-][n+]1c(-c2[c-]c(CC(C)C)cc3c2oc2ccccc23)c[c]([Ge]([CH3])([CH3])[CH3])c2c3ccccc3ccc21.[Ir]. The number of aliphatic hydroxyl groups excluding tert-OH is 1. The Bertz CT molecular complexity index is 2200. The van der Waals surface area contributed by atoms with Crippen molar-refractivity contribution in [1.82, 2.24) is 0 Å². The van der Waals surface area contributed by atoms with Crippen LogP contribution in [0.1, 0.15) is 72.8 Å². The minimum absolute atomic E-state index is 0. The summed E-state index contributed by atoms with van der Waals surface area (Å²) in [6, 6.07) is 30.0. The molecule has 4 aromatic carbocycles. The van der Waals surface area contributed by atoms with E-state index in [1.807, 2.05) is 33.8 Å². The zero-order valence-corrected chi connectivity index (χ0v) is 37.0. The monoisotopic (exact) mass is 937 g/mol. The third-order valence-electron chi connectivity index (χ3n) is 10.3. The number of ketones is 1. The van der Waals surface area contributed by atoms with Crippen molar-refractivity contribution < 1.29 is 39.0 Å². The van der Waals surface area contributed by atoms with Crippen LogP contribution in [0.15, 0.2) is 89.0 Å². The van der Waals surface area contributed by atoms with Crippen LogP contribution < -0.4 is 8.96 Å². The Kier molecular flexibility index (Phi) is 14.0. The van der Waals surface area contributed by atoms with E-state index in [1.54, 1.807) is 0 Å². The van der Waals surface area contributed by atoms with Gasteiger partial charge in [-0.15, -0.1) is 0 Å². The predicted octanol–water partition coefficient (Wildman–Crippen LogP) is 11.9. The molecular weight excluding hydrogens is 879 g/mol. The molecule has 0 aliphatic heterocycles. The van der Waals surface area contributed by atoms with E-state index in [4.69, 9.17) is 4.42 Å². The second-order valence-corrected chi connectivity index (χ2v) is 26.0. The summed E-state index contributed by atoms with van der Waals surface area (Å²) in [5.41, 5.74) is 6.28. The van der Waals surface area contributed by atoms with Gasteiger partial charge in [-0.3, -0.25) is 4.79 Å². The molecule has 4 nitrogen and oxygen atoms in total. The molecule has 6 rings (SSSR count). The van der Waals surface area contributed by atoms with Crippen molar-refractivity contribution in [2.75, 3.05) is 0 Å². The first kappa shape index (κ1) is 41.4. The van der Waals surface area contributed by atoms with Crippen molar-refractivity contribution in [3.05, 3.63) is 103 Å². The smallest absolute Gasteiger partial charge is 0 e. The molecule has 2 heterocycles. The second-order valence-electron chi connectivity index (χ2n) is 15.4. The van der Waals surface area contributed by atoms with E-state index >= 15 is 0 Å². The molecule has 1 N–H and O–H groups in total. The number of aromatic nitrogens is 1. The minimum atomic E-state index is -2.31. The van der Waals surface area contributed by atoms with E-state index in [1.165, 1.54) is 32.2 Å². The molecule has 277 valence electrons. The quantitative estimate of drug-likeness (QED) is 0.0352. The third kappa shape index (κ3) is 8.70. The van der Waals surface area contributed by atoms with E-state index < -0.39 is 13.3 Å². The van der Waals surface area contributed by atoms with Gasteiger partial charge in [0, 0.05) is 38.0 Å². The molecular formula is C46H56GeIrNO3-. The molecule has 6 heteroatoms. The zero-order chi connectivity index (χ0) is 37.0. The summed E-state index contributed by atoms with van der Waals surface area (Å²) in [5, 5.41) is 16.0. The average Bonchev–Trinajstić information content (AvgIpc) is 3.47. The normalized spacial score (nSPS) is 12.3. The summed E-state index contributed by atoms with van der Waals surface area (Å²) in [7, 11) is 4.58. The van der Waals surface area contributed by atoms with Gasteiger partial charge < -0.3 is 5.11 Å². The fourth-order valence-corrected chi connectivity index (χ4v) is 10.6. The summed E-state index contributed by atoms with van der Waals surface area (Å²) in [4.78, 5) is 11.7. The number of carbonyl (C=O) groups excluding carboxylic acids is 1. The Balaban J connectivity index is 0.000000323. The van der Waals surface area contributed by atoms with Crippen LogP contribution in [0.25, 0.3) is 54.9 Å². The van der Waals surface area contributed by atoms with E-state index in [-0.39, 0.29) is 43.5 Å². The number of hydrogen-bond donors (Lipinski definition) is 1. The van der Waals surface area contributed by atoms with Crippen molar-refractivity contribution in [3.8, 4) is 11.3 Å². The number of carbonyl (C=O) groups is 1. The Morgan fingerprint density at radius 3 is 2.10 bits per heavy atom. The third-order valence-corrected chi connectivity index (χ3v) is 14.5. The molecule has 0 unspecified atom stereocenters. The number of fused-ring (bicyclic) bond motifs is 6. The van der Waals surface area contributed by atoms with Crippen molar-refractivity contribution in [1.29, 1.82) is 0 Å². The zero-order valence-electron chi connectivity index (χ0n) is 32.5. The summed E-state index contributed by atoms with van der Waals surface area (Å²) >= 11 is -2.31. The Labute approximate surface area is 327 Å². The van der Waals surface area contributed by atoms with Gasteiger partial charge in [-0.2, -0.15) is 0 Å². The molecule has 0 saturated carbocycles. The second kappa shape index (κ2) is 17.6. The number of benzene rings is 4. The molecule has 0 aliphatic carbocycles. The first-order chi connectivity index (χ1) is 24.3. The number of para-hydroxylation sites is 1. The van der Waals surface area contributed by atoms with Gasteiger partial charge in [0.1, 0.15) is 0 Å². The maximum atomic E-state index is 11.7. The Hall–Kier alpha value is -3.38. The van der Waals surface area contributed by atoms with Crippen molar-refractivity contribution >= 4 is 67.1 Å². The van der Waals surface area contributed by atoms with Crippen LogP contribution in [0.5, 0.6) is 0 Å². The van der Waals surface area contributed by atoms with Crippen molar-refractivity contribution in [2.45, 2.75) is 90.9 Å². The first-order valence-electron chi connectivity index (χ1n) is 18.9. The van der Waals surface area contributed by atoms with Crippen LogP contribution >= 0.6 is 0 Å². The number of furan rings is 1. The molecule has 0 bridgehead atoms. The topological polar surface area (TPSA) is 54.3 Å². The van der Waals surface area contributed by atoms with Gasteiger partial charge in [-0.05, 0) is 25.7 Å². The molecule has 0 amide bonds. The summed E-state index contributed by atoms with van der Waals surface area (Å²) in [6.07, 6.45) is 5.88. The number of pyridine rings is 1. The Morgan fingerprint density at radius 1 is 0.865 bits per heavy atom. The fourth-order valence-electron chi connectivity index (χ4n) is 7.31. The first-order valence-corrected chi connectivity index (χ1v) is 26.2. The fraction of sp³-hybridized carbons (Fsp3) is 0.370. The Morgan fingerprint density at radius 2 is 1.48 bits per heavy atom. The average molecular weight is 936 g/mol. The number of rotatable bonds is 11. The molecule has 1 radical (unpaired) electrons. The van der Waals surface area contributed by atoms with Crippen molar-refractivity contribution in [3.63, 3.8) is 0 Å². The molecule has 0 saturated heterocycles. The standard InChI is InChI=1S/C33H32GeNO.C13H24O2.Ir/c1-21(2)17-22-18-26-25-13-9-10-14-31(25)36-33(26)27(19-22)30-20-28(34(3,4)5)32-24-12-8-7-11-23(24)15-16-29(32)35(30)6;1-5-10(6-2)12(14)9-13(15)11(7-3)8-4;/h7-16,18,20-21H,6,17H2,1-5H3;9-11,14H,5-8H2,1-4H3;/q-1;;/b;12-9-;. The van der Waals surface area contributed by atoms with Gasteiger partial charge in [0.25, 0.3) is 0 Å². The largest absolute Gasteiger partial charge is 0 e. The summed E-state index contributed by atoms with van der Waals surface area (Å²) in [5.74, 6) is 8.52. The minimum Gasteiger partial charge on any atom is 0 e. The number of allylic oxidation sites excluding steroid dienone is 2. The van der Waals surface area contributed by atoms with Crippen LogP contribution in [0.4, 0.5) is 0 Å². The maximum absolute atomic E-state index is 11.7. The van der Waals surface area contributed by atoms with Crippen LogP contribution in [-0.2, 0) is 31.3 Å². The van der Waals surface area contributed by atoms with Gasteiger partial charge in [0.05, 0.1) is 5.76 Å². The van der Waals surface area contributed by atoms with Gasteiger partial charge in [-0.25, -0.2) is 0 Å². The summed E-state index contributed by atoms with van der Waals surface area (Å²) in [6.45, 7) is 12.6. The van der Waals surface area contributed by atoms with Gasteiger partial charge in [0.15, 0.2) is 5.78 Å². The number of aliphatic hydroxyl groups is 1. The molecule has 0 aliphatic rings. The van der Waals surface area contributed by atoms with Crippen LogP contribution in [0, 0.1) is 30.9 Å². The van der Waals surface area contributed by atoms with Crippen LogP contribution in [0.2, 0.25) is 17.3 Å². The number of hydrogen-bond acceptors (Lipinski definition) is 3. The maximum Gasteiger partial charge on any atom is 0 e. The molecule has 6 aromatic rings. The number of nitrogens with zero attached hydrogens (tertiary/aromatic N) is 1. The van der Waals surface area contributed by atoms with E-state index in [2.05, 4.69) is 116 Å². The molecule has 52 heavy (non-hydrogen) atoms. The van der Waals surface area contributed by atoms with Gasteiger partial charge >= 0.3 is 216 Å². The predicted molar refractivity (Wildman–Crippen MR) is 219 cm³/mol. The van der Waals surface area contributed by atoms with Gasteiger partial charge in [-0.1, -0.05) is 27.7 Å².